The van der Waals surface area contributed by atoms with Crippen LogP contribution in [-0.2, 0) is 9.59 Å². The van der Waals surface area contributed by atoms with Gasteiger partial charge in [-0.2, -0.15) is 5.26 Å². The van der Waals surface area contributed by atoms with Gasteiger partial charge in [-0.05, 0) is 62.9 Å². The smallest absolute Gasteiger partial charge is 0.249 e. The zero-order valence-electron chi connectivity index (χ0n) is 19.7. The van der Waals surface area contributed by atoms with Crippen molar-refractivity contribution in [2.24, 2.45) is 0 Å². The molecule has 6 nitrogen and oxygen atoms in total. The molecule has 1 atom stereocenters. The number of halogens is 1. The number of hydrogen-bond acceptors (Lipinski definition) is 5. The van der Waals surface area contributed by atoms with Crippen LogP contribution in [0.5, 0.6) is 0 Å². The van der Waals surface area contributed by atoms with Gasteiger partial charge in [-0.3, -0.25) is 9.59 Å². The normalized spacial score (nSPS) is 20.3. The highest BCUT2D eigenvalue weighted by atomic mass is 35.5. The number of aldehydes is 1. The SMILES string of the molecule is CNC1CC(C(=O)N2CCC(c3ccc(C#N)cc3)CC2)=CC=C1C.O=CC1=CCNC(Cl)=C1. The van der Waals surface area contributed by atoms with Crippen LogP contribution in [0.4, 0.5) is 0 Å². The lowest BCUT2D eigenvalue weighted by atomic mass is 9.88. The number of hydrogen-bond donors (Lipinski definition) is 2. The highest BCUT2D eigenvalue weighted by Gasteiger charge is 2.27. The molecular weight excluding hydrogens is 448 g/mol. The van der Waals surface area contributed by atoms with Gasteiger partial charge in [-0.15, -0.1) is 0 Å². The maximum Gasteiger partial charge on any atom is 0.249 e. The van der Waals surface area contributed by atoms with Crippen molar-refractivity contribution in [1.29, 1.82) is 5.26 Å². The summed E-state index contributed by atoms with van der Waals surface area (Å²) >= 11 is 5.54. The van der Waals surface area contributed by atoms with E-state index in [9.17, 15) is 9.59 Å². The van der Waals surface area contributed by atoms with Crippen molar-refractivity contribution in [3.05, 3.63) is 81.6 Å². The van der Waals surface area contributed by atoms with E-state index in [1.165, 1.54) is 11.1 Å². The van der Waals surface area contributed by atoms with E-state index in [2.05, 4.69) is 41.8 Å². The Labute approximate surface area is 206 Å². The van der Waals surface area contributed by atoms with Crippen molar-refractivity contribution in [1.82, 2.24) is 15.5 Å². The Balaban J connectivity index is 0.000000302. The molecule has 1 saturated heterocycles. The third kappa shape index (κ3) is 6.69. The summed E-state index contributed by atoms with van der Waals surface area (Å²) < 4.78 is 0. The molecule has 34 heavy (non-hydrogen) atoms. The number of likely N-dealkylation sites (tertiary alicyclic amines) is 1. The predicted octanol–water partition coefficient (Wildman–Crippen LogP) is 3.92. The molecule has 2 N–H and O–H groups in total. The van der Waals surface area contributed by atoms with Crippen molar-refractivity contribution in [2.75, 3.05) is 26.7 Å². The summed E-state index contributed by atoms with van der Waals surface area (Å²) in [5.41, 5.74) is 4.79. The van der Waals surface area contributed by atoms with E-state index in [1.807, 2.05) is 30.2 Å². The predicted molar refractivity (Wildman–Crippen MR) is 135 cm³/mol. The average molecular weight is 479 g/mol. The quantitative estimate of drug-likeness (QED) is 0.506. The van der Waals surface area contributed by atoms with Crippen LogP contribution in [0.25, 0.3) is 0 Å². The largest absolute Gasteiger partial charge is 0.372 e. The summed E-state index contributed by atoms with van der Waals surface area (Å²) in [6.07, 6.45) is 10.9. The number of carbonyl (C=O) groups is 2. The van der Waals surface area contributed by atoms with E-state index < -0.39 is 0 Å². The number of nitriles is 1. The second kappa shape index (κ2) is 12.4. The van der Waals surface area contributed by atoms with Crippen LogP contribution in [0.1, 0.15) is 43.2 Å². The van der Waals surface area contributed by atoms with Crippen LogP contribution < -0.4 is 10.6 Å². The van der Waals surface area contributed by atoms with Crippen LogP contribution >= 0.6 is 11.6 Å². The summed E-state index contributed by atoms with van der Waals surface area (Å²) in [4.78, 5) is 24.9. The van der Waals surface area contributed by atoms with Gasteiger partial charge in [0.05, 0.1) is 11.6 Å². The molecule has 0 saturated carbocycles. The van der Waals surface area contributed by atoms with E-state index in [-0.39, 0.29) is 11.9 Å². The zero-order valence-corrected chi connectivity index (χ0v) is 20.4. The molecule has 2 heterocycles. The van der Waals surface area contributed by atoms with Gasteiger partial charge < -0.3 is 15.5 Å². The number of likely N-dealkylation sites (N-methyl/N-ethyl adjacent to an activating group) is 1. The van der Waals surface area contributed by atoms with E-state index in [4.69, 9.17) is 16.9 Å². The first-order chi connectivity index (χ1) is 16.4. The average Bonchev–Trinajstić information content (AvgIpc) is 2.89. The van der Waals surface area contributed by atoms with Crippen molar-refractivity contribution >= 4 is 23.8 Å². The minimum absolute atomic E-state index is 0.183. The van der Waals surface area contributed by atoms with Gasteiger partial charge in [0.1, 0.15) is 11.4 Å². The molecule has 1 aromatic carbocycles. The molecule has 3 aliphatic rings. The molecule has 1 aromatic rings. The molecule has 1 fully saturated rings. The molecule has 1 aliphatic carbocycles. The Kier molecular flexibility index (Phi) is 9.26. The number of amides is 1. The van der Waals surface area contributed by atoms with Gasteiger partial charge in [0.25, 0.3) is 0 Å². The second-order valence-corrected chi connectivity index (χ2v) is 9.05. The molecule has 7 heteroatoms. The minimum Gasteiger partial charge on any atom is -0.372 e. The lowest BCUT2D eigenvalue weighted by Crippen LogP contribution is -2.40. The fourth-order valence-electron chi connectivity index (χ4n) is 4.34. The number of carbonyl (C=O) groups excluding carboxylic acids is 2. The van der Waals surface area contributed by atoms with Crippen LogP contribution in [0.2, 0.25) is 0 Å². The van der Waals surface area contributed by atoms with Gasteiger partial charge in [-0.25, -0.2) is 0 Å². The van der Waals surface area contributed by atoms with Gasteiger partial charge in [0.15, 0.2) is 0 Å². The maximum absolute atomic E-state index is 12.8. The molecule has 0 spiro atoms. The van der Waals surface area contributed by atoms with Crippen LogP contribution in [-0.4, -0.2) is 49.8 Å². The number of allylic oxidation sites excluding steroid dienone is 4. The number of benzene rings is 1. The fraction of sp³-hybridized carbons (Fsp3) is 0.370. The van der Waals surface area contributed by atoms with E-state index in [0.717, 1.165) is 44.2 Å². The Morgan fingerprint density at radius 1 is 1.24 bits per heavy atom. The Morgan fingerprint density at radius 2 is 1.94 bits per heavy atom. The van der Waals surface area contributed by atoms with E-state index in [1.54, 1.807) is 12.2 Å². The fourth-order valence-corrected chi connectivity index (χ4v) is 4.54. The van der Waals surface area contributed by atoms with Gasteiger partial charge in [0.2, 0.25) is 5.91 Å². The molecule has 1 unspecified atom stereocenters. The van der Waals surface area contributed by atoms with Gasteiger partial charge in [0, 0.05) is 36.8 Å². The first-order valence-electron chi connectivity index (χ1n) is 11.6. The Hall–Kier alpha value is -3.14. The summed E-state index contributed by atoms with van der Waals surface area (Å²) in [5.74, 6) is 0.659. The van der Waals surface area contributed by atoms with Gasteiger partial charge in [-0.1, -0.05) is 47.5 Å². The summed E-state index contributed by atoms with van der Waals surface area (Å²) in [7, 11) is 1.94. The van der Waals surface area contributed by atoms with Crippen molar-refractivity contribution in [2.45, 2.75) is 38.1 Å². The number of dihydropyridines is 1. The third-order valence-corrected chi connectivity index (χ3v) is 6.72. The minimum atomic E-state index is 0.183. The molecular formula is C27H31ClN4O2. The molecule has 1 amide bonds. The van der Waals surface area contributed by atoms with Crippen LogP contribution in [0.15, 0.2) is 70.4 Å². The molecule has 0 aromatic heterocycles. The van der Waals surface area contributed by atoms with Gasteiger partial charge >= 0.3 is 0 Å². The number of piperidine rings is 1. The molecule has 178 valence electrons. The summed E-state index contributed by atoms with van der Waals surface area (Å²) in [5, 5.41) is 15.5. The first-order valence-corrected chi connectivity index (χ1v) is 11.9. The number of nitrogens with zero attached hydrogens (tertiary/aromatic N) is 2. The molecule has 4 rings (SSSR count). The third-order valence-electron chi connectivity index (χ3n) is 6.48. The summed E-state index contributed by atoms with van der Waals surface area (Å²) in [6, 6.07) is 10.3. The molecule has 2 aliphatic heterocycles. The monoisotopic (exact) mass is 478 g/mol. The summed E-state index contributed by atoms with van der Waals surface area (Å²) in [6.45, 7) is 4.34. The Morgan fingerprint density at radius 3 is 2.50 bits per heavy atom. The standard InChI is InChI=1S/C21H25N3O.C6H6ClNO/c1-15-3-6-19(13-20(15)23-2)21(25)24-11-9-18(10-12-24)17-7-4-16(14-22)5-8-17;7-6-3-5(4-9)1-2-8-6/h3-8,18,20,23H,9-13H2,1-2H3;1,3-4,8H,2H2. The van der Waals surface area contributed by atoms with Crippen LogP contribution in [0, 0.1) is 11.3 Å². The molecule has 0 radical (unpaired) electrons. The Bertz CT molecular complexity index is 1060. The van der Waals surface area contributed by atoms with Crippen molar-refractivity contribution < 1.29 is 9.59 Å². The number of rotatable bonds is 4. The maximum atomic E-state index is 12.8. The highest BCUT2D eigenvalue weighted by molar-refractivity contribution is 6.29. The lowest BCUT2D eigenvalue weighted by molar-refractivity contribution is -0.128. The van der Waals surface area contributed by atoms with Crippen molar-refractivity contribution in [3.63, 3.8) is 0 Å². The highest BCUT2D eigenvalue weighted by Crippen LogP contribution is 2.30. The zero-order chi connectivity index (χ0) is 24.5. The number of nitrogens with one attached hydrogen (secondary N) is 2. The topological polar surface area (TPSA) is 85.2 Å². The van der Waals surface area contributed by atoms with E-state index >= 15 is 0 Å². The van der Waals surface area contributed by atoms with Crippen molar-refractivity contribution in [3.8, 4) is 6.07 Å². The van der Waals surface area contributed by atoms with Crippen LogP contribution in [0.3, 0.4) is 0 Å². The molecule has 0 bridgehead atoms. The lowest BCUT2D eigenvalue weighted by Gasteiger charge is -2.34. The van der Waals surface area contributed by atoms with E-state index in [0.29, 0.717) is 28.8 Å². The second-order valence-electron chi connectivity index (χ2n) is 8.64. The first kappa shape index (κ1) is 25.5.